The van der Waals surface area contributed by atoms with Crippen LogP contribution in [0.15, 0.2) is 48.5 Å². The van der Waals surface area contributed by atoms with E-state index in [-0.39, 0.29) is 17.4 Å². The lowest BCUT2D eigenvalue weighted by atomic mass is 9.86. The number of phosphoric ester groups is 1. The summed E-state index contributed by atoms with van der Waals surface area (Å²) >= 11 is 0. The molecule has 27 heavy (non-hydrogen) atoms. The van der Waals surface area contributed by atoms with Crippen LogP contribution in [0.4, 0.5) is 0 Å². The highest BCUT2D eigenvalue weighted by atomic mass is 31.2. The predicted octanol–water partition coefficient (Wildman–Crippen LogP) is 6.88. The zero-order valence-electron chi connectivity index (χ0n) is 17.4. The molecule has 0 saturated carbocycles. The Bertz CT molecular complexity index is 752. The molecular formula is C22H31O4P. The Morgan fingerprint density at radius 1 is 0.741 bits per heavy atom. The van der Waals surface area contributed by atoms with Crippen molar-refractivity contribution in [1.82, 2.24) is 0 Å². The second kappa shape index (κ2) is 8.08. The molecule has 0 fully saturated rings. The summed E-state index contributed by atoms with van der Waals surface area (Å²) in [6.45, 7) is 14.5. The molecule has 0 radical (unpaired) electrons. The van der Waals surface area contributed by atoms with Crippen molar-refractivity contribution < 1.29 is 18.1 Å². The van der Waals surface area contributed by atoms with Crippen molar-refractivity contribution in [2.24, 2.45) is 0 Å². The first kappa shape index (κ1) is 21.5. The molecule has 0 atom stereocenters. The van der Waals surface area contributed by atoms with Crippen molar-refractivity contribution in [2.75, 3.05) is 6.61 Å². The van der Waals surface area contributed by atoms with Crippen LogP contribution in [0.1, 0.15) is 59.6 Å². The predicted molar refractivity (Wildman–Crippen MR) is 111 cm³/mol. The van der Waals surface area contributed by atoms with E-state index in [0.29, 0.717) is 11.5 Å². The Kier molecular flexibility index (Phi) is 6.44. The van der Waals surface area contributed by atoms with Crippen LogP contribution in [-0.4, -0.2) is 6.61 Å². The van der Waals surface area contributed by atoms with Gasteiger partial charge >= 0.3 is 7.82 Å². The Morgan fingerprint density at radius 3 is 1.44 bits per heavy atom. The zero-order chi connectivity index (χ0) is 20.3. The Labute approximate surface area is 163 Å². The standard InChI is InChI=1S/C22H31O4P/c1-8-24-27(23,25-19-15-11-9-13-17(19)21(2,3)4)26-20-16-12-10-14-18(20)22(5,6)7/h9-16H,8H2,1-7H3. The molecule has 2 rings (SSSR count). The molecule has 0 heterocycles. The molecule has 0 saturated heterocycles. The van der Waals surface area contributed by atoms with E-state index in [9.17, 15) is 4.57 Å². The van der Waals surface area contributed by atoms with Gasteiger partial charge in [-0.1, -0.05) is 77.9 Å². The zero-order valence-corrected chi connectivity index (χ0v) is 18.3. The van der Waals surface area contributed by atoms with Gasteiger partial charge in [0.15, 0.2) is 0 Å². The van der Waals surface area contributed by atoms with Crippen molar-refractivity contribution in [2.45, 2.75) is 59.3 Å². The summed E-state index contributed by atoms with van der Waals surface area (Å²) in [5, 5.41) is 0. The third kappa shape index (κ3) is 5.60. The fourth-order valence-corrected chi connectivity index (χ4v) is 4.06. The topological polar surface area (TPSA) is 44.8 Å². The van der Waals surface area contributed by atoms with Crippen molar-refractivity contribution in [3.63, 3.8) is 0 Å². The number of phosphoric acid groups is 1. The van der Waals surface area contributed by atoms with Crippen LogP contribution in [-0.2, 0) is 19.9 Å². The molecule has 0 aliphatic carbocycles. The lowest BCUT2D eigenvalue weighted by Crippen LogP contribution is -2.16. The smallest absolute Gasteiger partial charge is 0.395 e. The summed E-state index contributed by atoms with van der Waals surface area (Å²) < 4.78 is 30.7. The van der Waals surface area contributed by atoms with Gasteiger partial charge in [0.2, 0.25) is 0 Å². The Morgan fingerprint density at radius 2 is 1.11 bits per heavy atom. The second-order valence-electron chi connectivity index (χ2n) is 8.54. The molecule has 4 nitrogen and oxygen atoms in total. The number of benzene rings is 2. The third-order valence-electron chi connectivity index (χ3n) is 4.10. The summed E-state index contributed by atoms with van der Waals surface area (Å²) in [7, 11) is -3.86. The average Bonchev–Trinajstić information content (AvgIpc) is 2.53. The van der Waals surface area contributed by atoms with Gasteiger partial charge in [-0.15, -0.1) is 0 Å². The highest BCUT2D eigenvalue weighted by molar-refractivity contribution is 7.49. The van der Waals surface area contributed by atoms with E-state index in [0.717, 1.165) is 11.1 Å². The maximum atomic E-state index is 13.4. The lowest BCUT2D eigenvalue weighted by molar-refractivity contribution is 0.217. The number of hydrogen-bond donors (Lipinski definition) is 0. The first-order valence-electron chi connectivity index (χ1n) is 9.29. The molecule has 2 aromatic rings. The Hall–Kier alpha value is -1.77. The normalized spacial score (nSPS) is 12.7. The van der Waals surface area contributed by atoms with Gasteiger partial charge < -0.3 is 9.05 Å². The van der Waals surface area contributed by atoms with Crippen LogP contribution in [0.5, 0.6) is 11.5 Å². The van der Waals surface area contributed by atoms with Gasteiger partial charge in [-0.05, 0) is 29.9 Å². The maximum Gasteiger partial charge on any atom is 0.587 e. The van der Waals surface area contributed by atoms with Crippen LogP contribution >= 0.6 is 7.82 Å². The molecule has 0 N–H and O–H groups in total. The van der Waals surface area contributed by atoms with Crippen molar-refractivity contribution in [3.05, 3.63) is 59.7 Å². The third-order valence-corrected chi connectivity index (χ3v) is 5.51. The lowest BCUT2D eigenvalue weighted by Gasteiger charge is -2.27. The Balaban J connectivity index is 2.43. The summed E-state index contributed by atoms with van der Waals surface area (Å²) in [5.41, 5.74) is 1.55. The van der Waals surface area contributed by atoms with Crippen LogP contribution < -0.4 is 9.05 Å². The first-order valence-corrected chi connectivity index (χ1v) is 10.7. The van der Waals surface area contributed by atoms with E-state index in [2.05, 4.69) is 41.5 Å². The fourth-order valence-electron chi connectivity index (χ4n) is 2.80. The van der Waals surface area contributed by atoms with Crippen LogP contribution in [0, 0.1) is 0 Å². The maximum absolute atomic E-state index is 13.4. The van der Waals surface area contributed by atoms with E-state index >= 15 is 0 Å². The van der Waals surface area contributed by atoms with Gasteiger partial charge in [-0.2, -0.15) is 0 Å². The van der Waals surface area contributed by atoms with Crippen molar-refractivity contribution >= 4 is 7.82 Å². The highest BCUT2D eigenvalue weighted by Gasteiger charge is 2.34. The molecule has 0 amide bonds. The molecular weight excluding hydrogens is 359 g/mol. The molecule has 0 aromatic heterocycles. The summed E-state index contributed by atoms with van der Waals surface area (Å²) in [6.07, 6.45) is 0. The molecule has 148 valence electrons. The van der Waals surface area contributed by atoms with E-state index in [1.165, 1.54) is 0 Å². The van der Waals surface area contributed by atoms with Crippen LogP contribution in [0.25, 0.3) is 0 Å². The summed E-state index contributed by atoms with van der Waals surface area (Å²) in [4.78, 5) is 0. The number of para-hydroxylation sites is 2. The molecule has 0 spiro atoms. The van der Waals surface area contributed by atoms with Gasteiger partial charge in [0.1, 0.15) is 11.5 Å². The summed E-state index contributed by atoms with van der Waals surface area (Å²) in [6, 6.07) is 15.1. The van der Waals surface area contributed by atoms with E-state index in [1.807, 2.05) is 36.4 Å². The largest absolute Gasteiger partial charge is 0.587 e. The minimum Gasteiger partial charge on any atom is -0.395 e. The molecule has 5 heteroatoms. The molecule has 0 bridgehead atoms. The van der Waals surface area contributed by atoms with E-state index < -0.39 is 7.82 Å². The molecule has 0 unspecified atom stereocenters. The van der Waals surface area contributed by atoms with Crippen LogP contribution in [0.3, 0.4) is 0 Å². The monoisotopic (exact) mass is 390 g/mol. The van der Waals surface area contributed by atoms with Crippen molar-refractivity contribution in [3.8, 4) is 11.5 Å². The minimum absolute atomic E-state index is 0.170. The molecule has 0 aliphatic heterocycles. The highest BCUT2D eigenvalue weighted by Crippen LogP contribution is 2.52. The minimum atomic E-state index is -3.86. The van der Waals surface area contributed by atoms with Gasteiger partial charge in [0.05, 0.1) is 6.61 Å². The second-order valence-corrected chi connectivity index (χ2v) is 10.1. The van der Waals surface area contributed by atoms with Gasteiger partial charge in [-0.25, -0.2) is 4.57 Å². The van der Waals surface area contributed by atoms with Gasteiger partial charge in [0, 0.05) is 11.1 Å². The quantitative estimate of drug-likeness (QED) is 0.504. The van der Waals surface area contributed by atoms with E-state index in [1.54, 1.807) is 19.1 Å². The molecule has 0 aliphatic rings. The van der Waals surface area contributed by atoms with Gasteiger partial charge in [-0.3, -0.25) is 4.52 Å². The summed E-state index contributed by atoms with van der Waals surface area (Å²) in [5.74, 6) is 1.02. The van der Waals surface area contributed by atoms with Gasteiger partial charge in [0.25, 0.3) is 0 Å². The number of rotatable bonds is 6. The molecule has 2 aromatic carbocycles. The fraction of sp³-hybridized carbons (Fsp3) is 0.455. The first-order chi connectivity index (χ1) is 12.5. The average molecular weight is 390 g/mol. The van der Waals surface area contributed by atoms with E-state index in [4.69, 9.17) is 13.6 Å². The van der Waals surface area contributed by atoms with Crippen molar-refractivity contribution in [1.29, 1.82) is 0 Å². The SMILES string of the molecule is CCOP(=O)(Oc1ccccc1C(C)(C)C)Oc1ccccc1C(C)(C)C. The van der Waals surface area contributed by atoms with Crippen LogP contribution in [0.2, 0.25) is 0 Å². The number of hydrogen-bond acceptors (Lipinski definition) is 4.